The molecule has 1 saturated heterocycles. The zero-order valence-corrected chi connectivity index (χ0v) is 16.1. The standard InChI is InChI=1S/C22H18N2O6/c1-13-6-4-9-16-19(13)21(26)23(20(16)25)17-10-2-3-11-18(17)30-22(27)14-7-5-8-15(12-14)24(28)29/h2-8,10-13,16,19H,9H2,1H3/t13-,16+,19+/m1/s1. The number of carbonyl (C=O) groups excluding carboxylic acids is 3. The van der Waals surface area contributed by atoms with Crippen molar-refractivity contribution < 1.29 is 24.0 Å². The summed E-state index contributed by atoms with van der Waals surface area (Å²) in [5, 5.41) is 11.0. The van der Waals surface area contributed by atoms with Crippen molar-refractivity contribution in [2.24, 2.45) is 17.8 Å². The Bertz CT molecular complexity index is 1090. The highest BCUT2D eigenvalue weighted by Gasteiger charge is 2.51. The monoisotopic (exact) mass is 406 g/mol. The van der Waals surface area contributed by atoms with E-state index in [-0.39, 0.29) is 40.4 Å². The van der Waals surface area contributed by atoms with Crippen molar-refractivity contribution in [3.63, 3.8) is 0 Å². The number of para-hydroxylation sites is 2. The summed E-state index contributed by atoms with van der Waals surface area (Å²) >= 11 is 0. The minimum atomic E-state index is -0.822. The molecule has 8 nitrogen and oxygen atoms in total. The molecule has 152 valence electrons. The molecule has 1 heterocycles. The number of esters is 1. The Morgan fingerprint density at radius 1 is 1.13 bits per heavy atom. The predicted octanol–water partition coefficient (Wildman–Crippen LogP) is 3.52. The second kappa shape index (κ2) is 7.55. The number of allylic oxidation sites excluding steroid dienone is 2. The van der Waals surface area contributed by atoms with Crippen molar-refractivity contribution in [3.8, 4) is 5.75 Å². The Morgan fingerprint density at radius 2 is 1.90 bits per heavy atom. The normalized spacial score (nSPS) is 22.7. The number of ether oxygens (including phenoxy) is 1. The van der Waals surface area contributed by atoms with Crippen LogP contribution in [0.3, 0.4) is 0 Å². The summed E-state index contributed by atoms with van der Waals surface area (Å²) in [7, 11) is 0. The van der Waals surface area contributed by atoms with Crippen molar-refractivity contribution >= 4 is 29.2 Å². The number of carbonyl (C=O) groups is 3. The maximum Gasteiger partial charge on any atom is 0.343 e. The maximum absolute atomic E-state index is 13.0. The van der Waals surface area contributed by atoms with Gasteiger partial charge >= 0.3 is 5.97 Å². The molecule has 1 fully saturated rings. The minimum Gasteiger partial charge on any atom is -0.421 e. The molecule has 0 bridgehead atoms. The molecule has 0 aromatic heterocycles. The van der Waals surface area contributed by atoms with E-state index in [1.807, 2.05) is 19.1 Å². The molecule has 0 unspecified atom stereocenters. The molecular weight excluding hydrogens is 388 g/mol. The fraction of sp³-hybridized carbons (Fsp3) is 0.227. The number of imide groups is 1. The van der Waals surface area contributed by atoms with E-state index in [0.717, 1.165) is 11.0 Å². The first-order chi connectivity index (χ1) is 14.4. The van der Waals surface area contributed by atoms with Gasteiger partial charge in [0.2, 0.25) is 11.8 Å². The van der Waals surface area contributed by atoms with Crippen LogP contribution >= 0.6 is 0 Å². The van der Waals surface area contributed by atoms with Crippen LogP contribution in [0.15, 0.2) is 60.7 Å². The zero-order chi connectivity index (χ0) is 21.4. The van der Waals surface area contributed by atoms with Gasteiger partial charge in [0, 0.05) is 12.1 Å². The summed E-state index contributed by atoms with van der Waals surface area (Å²) in [5.41, 5.74) is -0.0642. The first-order valence-electron chi connectivity index (χ1n) is 9.48. The largest absolute Gasteiger partial charge is 0.421 e. The van der Waals surface area contributed by atoms with Crippen molar-refractivity contribution in [3.05, 3.63) is 76.4 Å². The number of hydrogen-bond donors (Lipinski definition) is 0. The molecule has 0 spiro atoms. The Kier molecular flexibility index (Phi) is 4.91. The number of rotatable bonds is 4. The maximum atomic E-state index is 13.0. The van der Waals surface area contributed by atoms with Crippen LogP contribution in [0.5, 0.6) is 5.75 Å². The fourth-order valence-electron chi connectivity index (χ4n) is 4.02. The molecular formula is C22H18N2O6. The molecule has 3 atom stereocenters. The lowest BCUT2D eigenvalue weighted by Gasteiger charge is -2.22. The number of hydrogen-bond acceptors (Lipinski definition) is 6. The first kappa shape index (κ1) is 19.5. The smallest absolute Gasteiger partial charge is 0.343 e. The van der Waals surface area contributed by atoms with E-state index in [1.54, 1.807) is 18.2 Å². The van der Waals surface area contributed by atoms with E-state index < -0.39 is 22.7 Å². The molecule has 30 heavy (non-hydrogen) atoms. The van der Waals surface area contributed by atoms with Crippen LogP contribution in [0.4, 0.5) is 11.4 Å². The van der Waals surface area contributed by atoms with Gasteiger partial charge < -0.3 is 4.74 Å². The molecule has 4 rings (SSSR count). The van der Waals surface area contributed by atoms with Gasteiger partial charge in [-0.15, -0.1) is 0 Å². The number of nitro benzene ring substituents is 1. The summed E-state index contributed by atoms with van der Waals surface area (Å²) in [6, 6.07) is 11.4. The molecule has 1 aliphatic carbocycles. The molecule has 0 N–H and O–H groups in total. The first-order valence-corrected chi connectivity index (χ1v) is 9.48. The lowest BCUT2D eigenvalue weighted by atomic mass is 9.78. The summed E-state index contributed by atoms with van der Waals surface area (Å²) in [6.45, 7) is 1.90. The van der Waals surface area contributed by atoms with Gasteiger partial charge in [-0.05, 0) is 30.5 Å². The molecule has 2 aromatic rings. The van der Waals surface area contributed by atoms with Gasteiger partial charge in [0.15, 0.2) is 5.75 Å². The highest BCUT2D eigenvalue weighted by atomic mass is 16.6. The Balaban J connectivity index is 1.65. The number of amides is 2. The van der Waals surface area contributed by atoms with Gasteiger partial charge in [-0.3, -0.25) is 19.7 Å². The van der Waals surface area contributed by atoms with Crippen LogP contribution in [0, 0.1) is 27.9 Å². The van der Waals surface area contributed by atoms with Crippen LogP contribution in [0.1, 0.15) is 23.7 Å². The number of anilines is 1. The van der Waals surface area contributed by atoms with Crippen molar-refractivity contribution in [1.29, 1.82) is 0 Å². The summed E-state index contributed by atoms with van der Waals surface area (Å²) in [4.78, 5) is 50.0. The molecule has 2 aromatic carbocycles. The van der Waals surface area contributed by atoms with Crippen molar-refractivity contribution in [1.82, 2.24) is 0 Å². The van der Waals surface area contributed by atoms with Crippen molar-refractivity contribution in [2.45, 2.75) is 13.3 Å². The van der Waals surface area contributed by atoms with Gasteiger partial charge in [-0.1, -0.05) is 37.3 Å². The SMILES string of the molecule is C[C@@H]1C=CC[C@@H]2C(=O)N(c3ccccc3OC(=O)c3cccc([N+](=O)[O-])c3)C(=O)[C@@H]12. The molecule has 2 amide bonds. The van der Waals surface area contributed by atoms with E-state index in [1.165, 1.54) is 24.3 Å². The van der Waals surface area contributed by atoms with E-state index >= 15 is 0 Å². The average Bonchev–Trinajstić information content (AvgIpc) is 3.00. The topological polar surface area (TPSA) is 107 Å². The lowest BCUT2D eigenvalue weighted by molar-refractivity contribution is -0.384. The molecule has 0 radical (unpaired) electrons. The highest BCUT2D eigenvalue weighted by molar-refractivity contribution is 6.23. The van der Waals surface area contributed by atoms with Gasteiger partial charge in [0.25, 0.3) is 5.69 Å². The zero-order valence-electron chi connectivity index (χ0n) is 16.1. The second-order valence-electron chi connectivity index (χ2n) is 7.33. The number of nitro groups is 1. The van der Waals surface area contributed by atoms with E-state index in [4.69, 9.17) is 4.74 Å². The third-order valence-corrected chi connectivity index (χ3v) is 5.47. The van der Waals surface area contributed by atoms with Crippen LogP contribution in [-0.2, 0) is 9.59 Å². The van der Waals surface area contributed by atoms with E-state index in [9.17, 15) is 24.5 Å². The summed E-state index contributed by atoms with van der Waals surface area (Å²) in [6.07, 6.45) is 4.34. The summed E-state index contributed by atoms with van der Waals surface area (Å²) < 4.78 is 5.43. The Labute approximate surface area is 171 Å². The fourth-order valence-corrected chi connectivity index (χ4v) is 4.02. The third kappa shape index (κ3) is 3.26. The van der Waals surface area contributed by atoms with Gasteiger partial charge in [-0.25, -0.2) is 9.69 Å². The second-order valence-corrected chi connectivity index (χ2v) is 7.33. The summed E-state index contributed by atoms with van der Waals surface area (Å²) in [5.74, 6) is -2.36. The Hall–Kier alpha value is -3.81. The van der Waals surface area contributed by atoms with Crippen LogP contribution in [0.25, 0.3) is 0 Å². The van der Waals surface area contributed by atoms with Crippen molar-refractivity contribution in [2.75, 3.05) is 4.90 Å². The number of nitrogens with zero attached hydrogens (tertiary/aromatic N) is 2. The minimum absolute atomic E-state index is 0.00966. The average molecular weight is 406 g/mol. The van der Waals surface area contributed by atoms with Gasteiger partial charge in [0.05, 0.1) is 28.0 Å². The van der Waals surface area contributed by atoms with E-state index in [0.29, 0.717) is 6.42 Å². The molecule has 0 saturated carbocycles. The molecule has 8 heteroatoms. The number of fused-ring (bicyclic) bond motifs is 1. The molecule has 2 aliphatic rings. The quantitative estimate of drug-likeness (QED) is 0.192. The number of benzene rings is 2. The van der Waals surface area contributed by atoms with Crippen LogP contribution < -0.4 is 9.64 Å². The van der Waals surface area contributed by atoms with E-state index in [2.05, 4.69) is 0 Å². The molecule has 1 aliphatic heterocycles. The van der Waals surface area contributed by atoms with Crippen LogP contribution in [0.2, 0.25) is 0 Å². The third-order valence-electron chi connectivity index (χ3n) is 5.47. The van der Waals surface area contributed by atoms with Gasteiger partial charge in [0.1, 0.15) is 0 Å². The Morgan fingerprint density at radius 3 is 2.63 bits per heavy atom. The van der Waals surface area contributed by atoms with Crippen LogP contribution in [-0.4, -0.2) is 22.7 Å². The predicted molar refractivity (Wildman–Crippen MR) is 107 cm³/mol. The van der Waals surface area contributed by atoms with Gasteiger partial charge in [-0.2, -0.15) is 0 Å². The number of non-ortho nitro benzene ring substituents is 1. The highest BCUT2D eigenvalue weighted by Crippen LogP contribution is 2.42. The lowest BCUT2D eigenvalue weighted by Crippen LogP contribution is -2.32.